The van der Waals surface area contributed by atoms with E-state index >= 15 is 0 Å². The molecule has 1 aliphatic rings. The number of hydrogen-bond acceptors (Lipinski definition) is 2. The normalized spacial score (nSPS) is 16.7. The van der Waals surface area contributed by atoms with Crippen LogP contribution in [0.5, 0.6) is 0 Å². The molecule has 1 aromatic heterocycles. The molecule has 98 valence electrons. The van der Waals surface area contributed by atoms with Crippen molar-refractivity contribution in [2.24, 2.45) is 0 Å². The maximum Gasteiger partial charge on any atom is 0.433 e. The summed E-state index contributed by atoms with van der Waals surface area (Å²) < 4.78 is 37.0. The topological polar surface area (TPSA) is 33.2 Å². The van der Waals surface area contributed by atoms with E-state index in [-0.39, 0.29) is 11.5 Å². The van der Waals surface area contributed by atoms with Crippen molar-refractivity contribution in [3.8, 4) is 0 Å². The van der Waals surface area contributed by atoms with E-state index in [0.29, 0.717) is 13.1 Å². The Morgan fingerprint density at radius 3 is 2.33 bits per heavy atom. The number of aromatic nitrogens is 1. The van der Waals surface area contributed by atoms with E-state index in [1.54, 1.807) is 4.90 Å². The highest BCUT2D eigenvalue weighted by Crippen LogP contribution is 2.27. The van der Waals surface area contributed by atoms with Gasteiger partial charge < -0.3 is 4.90 Å². The zero-order valence-corrected chi connectivity index (χ0v) is 9.70. The number of carbonyl (C=O) groups is 1. The van der Waals surface area contributed by atoms with Gasteiger partial charge in [-0.2, -0.15) is 13.2 Å². The molecule has 1 aromatic rings. The molecular weight excluding hydrogens is 245 g/mol. The van der Waals surface area contributed by atoms with Gasteiger partial charge in [0.25, 0.3) is 5.91 Å². The number of carbonyl (C=O) groups excluding carboxylic acids is 1. The zero-order valence-electron chi connectivity index (χ0n) is 9.70. The lowest BCUT2D eigenvalue weighted by molar-refractivity contribution is -0.141. The van der Waals surface area contributed by atoms with Gasteiger partial charge in [-0.05, 0) is 31.4 Å². The van der Waals surface area contributed by atoms with E-state index in [1.165, 1.54) is 6.07 Å². The summed E-state index contributed by atoms with van der Waals surface area (Å²) in [5.74, 6) is -0.240. The monoisotopic (exact) mass is 258 g/mol. The van der Waals surface area contributed by atoms with Gasteiger partial charge in [-0.15, -0.1) is 0 Å². The fourth-order valence-electron chi connectivity index (χ4n) is 1.97. The first-order valence-corrected chi connectivity index (χ1v) is 5.81. The van der Waals surface area contributed by atoms with Gasteiger partial charge in [0, 0.05) is 19.3 Å². The summed E-state index contributed by atoms with van der Waals surface area (Å²) in [4.78, 5) is 16.9. The molecule has 1 saturated heterocycles. The van der Waals surface area contributed by atoms with E-state index in [9.17, 15) is 18.0 Å². The Morgan fingerprint density at radius 2 is 1.83 bits per heavy atom. The number of nitrogens with zero attached hydrogens (tertiary/aromatic N) is 2. The van der Waals surface area contributed by atoms with Crippen molar-refractivity contribution in [1.29, 1.82) is 0 Å². The SMILES string of the molecule is O=C(c1ccc(C(F)(F)F)nc1)N1CCCCC1. The molecule has 2 rings (SSSR count). The first kappa shape index (κ1) is 12.9. The number of alkyl halides is 3. The van der Waals surface area contributed by atoms with Crippen LogP contribution in [0.3, 0.4) is 0 Å². The first-order valence-electron chi connectivity index (χ1n) is 5.81. The van der Waals surface area contributed by atoms with Gasteiger partial charge in [0.2, 0.25) is 0 Å². The average Bonchev–Trinajstić information content (AvgIpc) is 2.38. The minimum absolute atomic E-state index is 0.213. The molecule has 6 heteroatoms. The predicted octanol–water partition coefficient (Wildman–Crippen LogP) is 2.73. The largest absolute Gasteiger partial charge is 0.433 e. The number of hydrogen-bond donors (Lipinski definition) is 0. The molecule has 2 heterocycles. The van der Waals surface area contributed by atoms with Gasteiger partial charge in [-0.1, -0.05) is 0 Å². The van der Waals surface area contributed by atoms with Crippen LogP contribution in [0, 0.1) is 0 Å². The molecule has 1 amide bonds. The van der Waals surface area contributed by atoms with Crippen LogP contribution in [0.4, 0.5) is 13.2 Å². The Kier molecular flexibility index (Phi) is 3.54. The van der Waals surface area contributed by atoms with Crippen molar-refractivity contribution in [3.63, 3.8) is 0 Å². The van der Waals surface area contributed by atoms with Crippen LogP contribution in [-0.4, -0.2) is 28.9 Å². The molecule has 0 bridgehead atoms. The molecule has 1 aliphatic heterocycles. The van der Waals surface area contributed by atoms with Gasteiger partial charge in [0.1, 0.15) is 5.69 Å². The number of rotatable bonds is 1. The molecule has 3 nitrogen and oxygen atoms in total. The fourth-order valence-corrected chi connectivity index (χ4v) is 1.97. The van der Waals surface area contributed by atoms with E-state index in [1.807, 2.05) is 0 Å². The third kappa shape index (κ3) is 2.80. The molecule has 0 aromatic carbocycles. The first-order chi connectivity index (χ1) is 8.48. The fraction of sp³-hybridized carbons (Fsp3) is 0.500. The maximum absolute atomic E-state index is 12.3. The standard InChI is InChI=1S/C12H13F3N2O/c13-12(14,15)10-5-4-9(8-16-10)11(18)17-6-2-1-3-7-17/h4-5,8H,1-3,6-7H2. The van der Waals surface area contributed by atoms with Gasteiger partial charge in [-0.25, -0.2) is 0 Å². The molecule has 0 spiro atoms. The van der Waals surface area contributed by atoms with Crippen LogP contribution >= 0.6 is 0 Å². The lowest BCUT2D eigenvalue weighted by atomic mass is 10.1. The molecule has 18 heavy (non-hydrogen) atoms. The van der Waals surface area contributed by atoms with Crippen molar-refractivity contribution in [2.75, 3.05) is 13.1 Å². The Hall–Kier alpha value is -1.59. The summed E-state index contributed by atoms with van der Waals surface area (Å²) in [7, 11) is 0. The molecule has 0 saturated carbocycles. The summed E-state index contributed by atoms with van der Waals surface area (Å²) in [6, 6.07) is 2.03. The van der Waals surface area contributed by atoms with Gasteiger partial charge >= 0.3 is 6.18 Å². The highest BCUT2D eigenvalue weighted by atomic mass is 19.4. The Bertz CT molecular complexity index is 422. The lowest BCUT2D eigenvalue weighted by Gasteiger charge is -2.26. The minimum Gasteiger partial charge on any atom is -0.339 e. The number of amides is 1. The zero-order chi connectivity index (χ0) is 13.2. The maximum atomic E-state index is 12.3. The number of piperidine rings is 1. The summed E-state index contributed by atoms with van der Waals surface area (Å²) in [5.41, 5.74) is -0.761. The summed E-state index contributed by atoms with van der Waals surface area (Å²) in [5, 5.41) is 0. The van der Waals surface area contributed by atoms with Crippen molar-refractivity contribution < 1.29 is 18.0 Å². The Morgan fingerprint density at radius 1 is 1.17 bits per heavy atom. The highest BCUT2D eigenvalue weighted by molar-refractivity contribution is 5.93. The van der Waals surface area contributed by atoms with Crippen molar-refractivity contribution in [3.05, 3.63) is 29.6 Å². The van der Waals surface area contributed by atoms with Crippen molar-refractivity contribution in [2.45, 2.75) is 25.4 Å². The lowest BCUT2D eigenvalue weighted by Crippen LogP contribution is -2.35. The average molecular weight is 258 g/mol. The molecular formula is C12H13F3N2O. The van der Waals surface area contributed by atoms with Crippen LogP contribution < -0.4 is 0 Å². The summed E-state index contributed by atoms with van der Waals surface area (Å²) >= 11 is 0. The number of halogens is 3. The number of likely N-dealkylation sites (tertiary alicyclic amines) is 1. The molecule has 0 aliphatic carbocycles. The van der Waals surface area contributed by atoms with Gasteiger partial charge in [-0.3, -0.25) is 9.78 Å². The second-order valence-corrected chi connectivity index (χ2v) is 4.28. The van der Waals surface area contributed by atoms with Crippen LogP contribution in [-0.2, 0) is 6.18 Å². The van der Waals surface area contributed by atoms with E-state index < -0.39 is 11.9 Å². The molecule has 0 atom stereocenters. The van der Waals surface area contributed by atoms with E-state index in [2.05, 4.69) is 4.98 Å². The number of pyridine rings is 1. The summed E-state index contributed by atoms with van der Waals surface area (Å²) in [6.45, 7) is 1.33. The molecule has 0 unspecified atom stereocenters. The Balaban J connectivity index is 2.11. The Labute approximate surface area is 103 Å². The molecule has 0 radical (unpaired) electrons. The van der Waals surface area contributed by atoms with Crippen LogP contribution in [0.1, 0.15) is 35.3 Å². The van der Waals surface area contributed by atoms with Crippen LogP contribution in [0.2, 0.25) is 0 Å². The highest BCUT2D eigenvalue weighted by Gasteiger charge is 2.32. The van der Waals surface area contributed by atoms with Crippen LogP contribution in [0.15, 0.2) is 18.3 Å². The van der Waals surface area contributed by atoms with E-state index in [4.69, 9.17) is 0 Å². The smallest absolute Gasteiger partial charge is 0.339 e. The van der Waals surface area contributed by atoms with Gasteiger partial charge in [0.15, 0.2) is 0 Å². The van der Waals surface area contributed by atoms with Crippen LogP contribution in [0.25, 0.3) is 0 Å². The second-order valence-electron chi connectivity index (χ2n) is 4.28. The summed E-state index contributed by atoms with van der Waals surface area (Å²) in [6.07, 6.45) is -0.485. The van der Waals surface area contributed by atoms with Gasteiger partial charge in [0.05, 0.1) is 5.56 Å². The molecule has 0 N–H and O–H groups in total. The van der Waals surface area contributed by atoms with Crippen molar-refractivity contribution >= 4 is 5.91 Å². The predicted molar refractivity (Wildman–Crippen MR) is 59.0 cm³/mol. The quantitative estimate of drug-likeness (QED) is 0.776. The minimum atomic E-state index is -4.47. The van der Waals surface area contributed by atoms with Crippen molar-refractivity contribution in [1.82, 2.24) is 9.88 Å². The van der Waals surface area contributed by atoms with E-state index in [0.717, 1.165) is 31.5 Å². The molecule has 1 fully saturated rings. The third-order valence-corrected chi connectivity index (χ3v) is 2.94. The third-order valence-electron chi connectivity index (χ3n) is 2.94. The second kappa shape index (κ2) is 4.96.